The van der Waals surface area contributed by atoms with Gasteiger partial charge in [-0.1, -0.05) is 13.0 Å². The summed E-state index contributed by atoms with van der Waals surface area (Å²) < 4.78 is 5.70. The van der Waals surface area contributed by atoms with Gasteiger partial charge in [0, 0.05) is 11.8 Å². The average Bonchev–Trinajstić information content (AvgIpc) is 2.85. The summed E-state index contributed by atoms with van der Waals surface area (Å²) in [7, 11) is 0. The van der Waals surface area contributed by atoms with E-state index in [1.807, 2.05) is 19.1 Å². The van der Waals surface area contributed by atoms with Gasteiger partial charge in [0.05, 0.1) is 18.0 Å². The average molecular weight is 274 g/mol. The minimum absolute atomic E-state index is 0.129. The number of hydrogen-bond acceptors (Lipinski definition) is 4. The van der Waals surface area contributed by atoms with Crippen LogP contribution in [0.3, 0.4) is 0 Å². The molecule has 2 aromatic rings. The van der Waals surface area contributed by atoms with Crippen LogP contribution in [0.4, 0.5) is 11.4 Å². The number of anilines is 2. The fourth-order valence-electron chi connectivity index (χ4n) is 1.63. The molecule has 1 atom stereocenters. The minimum Gasteiger partial charge on any atom is -0.491 e. The highest BCUT2D eigenvalue weighted by Crippen LogP contribution is 2.20. The summed E-state index contributed by atoms with van der Waals surface area (Å²) in [4.78, 5) is 12.0. The lowest BCUT2D eigenvalue weighted by Crippen LogP contribution is -2.14. The number of hydrogen-bond donors (Lipinski definition) is 3. The highest BCUT2D eigenvalue weighted by Gasteiger charge is 2.12. The monoisotopic (exact) mass is 274 g/mol. The summed E-state index contributed by atoms with van der Waals surface area (Å²) >= 11 is 0. The van der Waals surface area contributed by atoms with Gasteiger partial charge in [0.15, 0.2) is 0 Å². The molecular formula is C14H18N4O2. The van der Waals surface area contributed by atoms with Crippen LogP contribution in [0.15, 0.2) is 30.5 Å². The Morgan fingerprint density at radius 2 is 2.35 bits per heavy atom. The Labute approximate surface area is 117 Å². The molecule has 6 nitrogen and oxygen atoms in total. The zero-order valence-electron chi connectivity index (χ0n) is 11.5. The topological polar surface area (TPSA) is 93.0 Å². The van der Waals surface area contributed by atoms with Crippen molar-refractivity contribution in [3.8, 4) is 5.75 Å². The van der Waals surface area contributed by atoms with E-state index in [1.165, 1.54) is 6.20 Å². The summed E-state index contributed by atoms with van der Waals surface area (Å²) in [5.41, 5.74) is 6.84. The van der Waals surface area contributed by atoms with Crippen LogP contribution < -0.4 is 15.8 Å². The maximum atomic E-state index is 12.0. The van der Waals surface area contributed by atoms with Crippen LogP contribution in [0.25, 0.3) is 0 Å². The third kappa shape index (κ3) is 3.28. The number of carbonyl (C=O) groups excluding carboxylic acids is 1. The zero-order chi connectivity index (χ0) is 14.5. The number of ether oxygens (including phenoxy) is 1. The molecule has 0 spiro atoms. The molecule has 1 heterocycles. The molecule has 0 radical (unpaired) electrons. The highest BCUT2D eigenvalue weighted by atomic mass is 16.5. The van der Waals surface area contributed by atoms with Crippen molar-refractivity contribution in [1.82, 2.24) is 10.2 Å². The number of rotatable bonds is 5. The zero-order valence-corrected chi connectivity index (χ0v) is 11.5. The van der Waals surface area contributed by atoms with E-state index in [0.717, 1.165) is 12.2 Å². The Kier molecular flexibility index (Phi) is 4.24. The molecular weight excluding hydrogens is 256 g/mol. The summed E-state index contributed by atoms with van der Waals surface area (Å²) in [5, 5.41) is 9.03. The molecule has 106 valence electrons. The molecule has 4 N–H and O–H groups in total. The molecule has 1 aromatic carbocycles. The lowest BCUT2D eigenvalue weighted by Gasteiger charge is -2.13. The van der Waals surface area contributed by atoms with E-state index < -0.39 is 0 Å². The lowest BCUT2D eigenvalue weighted by molar-refractivity contribution is 0.102. The number of amides is 1. The van der Waals surface area contributed by atoms with Crippen LogP contribution in [0, 0.1) is 0 Å². The third-order valence-corrected chi connectivity index (χ3v) is 2.90. The number of H-pyrrole nitrogens is 1. The largest absolute Gasteiger partial charge is 0.491 e. The molecule has 1 aromatic heterocycles. The maximum Gasteiger partial charge on any atom is 0.275 e. The molecule has 0 fully saturated rings. The number of nitrogens with zero attached hydrogens (tertiary/aromatic N) is 1. The molecule has 1 amide bonds. The molecule has 0 saturated heterocycles. The van der Waals surface area contributed by atoms with Crippen molar-refractivity contribution >= 4 is 17.3 Å². The molecule has 0 aliphatic heterocycles. The van der Waals surface area contributed by atoms with E-state index in [2.05, 4.69) is 22.4 Å². The highest BCUT2D eigenvalue weighted by molar-refractivity contribution is 6.06. The molecule has 0 bridgehead atoms. The van der Waals surface area contributed by atoms with Crippen LogP contribution in [0.2, 0.25) is 0 Å². The molecule has 0 aliphatic carbocycles. The predicted molar refractivity (Wildman–Crippen MR) is 77.8 cm³/mol. The van der Waals surface area contributed by atoms with Crippen LogP contribution in [0.1, 0.15) is 30.8 Å². The van der Waals surface area contributed by atoms with Crippen molar-refractivity contribution in [2.75, 3.05) is 11.1 Å². The summed E-state index contributed by atoms with van der Waals surface area (Å²) in [6.07, 6.45) is 2.45. The van der Waals surface area contributed by atoms with Crippen LogP contribution in [-0.2, 0) is 0 Å². The normalized spacial score (nSPS) is 11.9. The van der Waals surface area contributed by atoms with Crippen molar-refractivity contribution in [2.24, 2.45) is 0 Å². The standard InChI is InChI=1S/C14H18N4O2/c1-3-9(2)20-11-6-4-5-10(7-11)17-14(19)13-12(15)8-16-18-13/h4-9H,3,15H2,1-2H3,(H,16,18)(H,17,19). The van der Waals surface area contributed by atoms with Gasteiger partial charge in [-0.05, 0) is 25.5 Å². The molecule has 2 rings (SSSR count). The van der Waals surface area contributed by atoms with Crippen molar-refractivity contribution < 1.29 is 9.53 Å². The summed E-state index contributed by atoms with van der Waals surface area (Å²) in [5.74, 6) is 0.385. The second kappa shape index (κ2) is 6.10. The van der Waals surface area contributed by atoms with Gasteiger partial charge in [-0.15, -0.1) is 0 Å². The summed E-state index contributed by atoms with van der Waals surface area (Å²) in [6, 6.07) is 7.24. The first-order valence-corrected chi connectivity index (χ1v) is 6.47. The Morgan fingerprint density at radius 1 is 1.55 bits per heavy atom. The van der Waals surface area contributed by atoms with Crippen molar-refractivity contribution in [1.29, 1.82) is 0 Å². The number of nitrogen functional groups attached to an aromatic ring is 1. The van der Waals surface area contributed by atoms with Crippen LogP contribution in [0.5, 0.6) is 5.75 Å². The van der Waals surface area contributed by atoms with Gasteiger partial charge in [-0.2, -0.15) is 5.10 Å². The SMILES string of the molecule is CCC(C)Oc1cccc(NC(=O)c2[nH]ncc2N)c1. The number of nitrogens with one attached hydrogen (secondary N) is 2. The van der Waals surface area contributed by atoms with Gasteiger partial charge >= 0.3 is 0 Å². The Bertz CT molecular complexity index is 594. The van der Waals surface area contributed by atoms with E-state index in [4.69, 9.17) is 10.5 Å². The fraction of sp³-hybridized carbons (Fsp3) is 0.286. The van der Waals surface area contributed by atoms with E-state index in [0.29, 0.717) is 11.4 Å². The molecule has 1 unspecified atom stereocenters. The van der Waals surface area contributed by atoms with Crippen molar-refractivity contribution in [3.05, 3.63) is 36.2 Å². The molecule has 0 aliphatic rings. The molecule has 0 saturated carbocycles. The number of aromatic nitrogens is 2. The lowest BCUT2D eigenvalue weighted by atomic mass is 10.2. The quantitative estimate of drug-likeness (QED) is 0.780. The minimum atomic E-state index is -0.333. The molecule has 20 heavy (non-hydrogen) atoms. The number of carbonyl (C=O) groups is 1. The van der Waals surface area contributed by atoms with Gasteiger partial charge in [-0.25, -0.2) is 0 Å². The molecule has 6 heteroatoms. The Hall–Kier alpha value is -2.50. The number of nitrogens with two attached hydrogens (primary N) is 1. The maximum absolute atomic E-state index is 12.0. The first kappa shape index (κ1) is 13.9. The van der Waals surface area contributed by atoms with E-state index >= 15 is 0 Å². The van der Waals surface area contributed by atoms with Gasteiger partial charge in [0.25, 0.3) is 5.91 Å². The third-order valence-electron chi connectivity index (χ3n) is 2.90. The smallest absolute Gasteiger partial charge is 0.275 e. The van der Waals surface area contributed by atoms with Crippen LogP contribution >= 0.6 is 0 Å². The first-order chi connectivity index (χ1) is 9.60. The van der Waals surface area contributed by atoms with Gasteiger partial charge in [-0.3, -0.25) is 9.89 Å². The fourth-order valence-corrected chi connectivity index (χ4v) is 1.63. The van der Waals surface area contributed by atoms with Gasteiger partial charge < -0.3 is 15.8 Å². The number of benzene rings is 1. The van der Waals surface area contributed by atoms with Crippen molar-refractivity contribution in [3.63, 3.8) is 0 Å². The Balaban J connectivity index is 2.08. The second-order valence-electron chi connectivity index (χ2n) is 4.52. The number of aromatic amines is 1. The van der Waals surface area contributed by atoms with Gasteiger partial charge in [0.2, 0.25) is 0 Å². The van der Waals surface area contributed by atoms with E-state index in [-0.39, 0.29) is 17.7 Å². The van der Waals surface area contributed by atoms with Gasteiger partial charge in [0.1, 0.15) is 11.4 Å². The first-order valence-electron chi connectivity index (χ1n) is 6.47. The van der Waals surface area contributed by atoms with Crippen LogP contribution in [-0.4, -0.2) is 22.2 Å². The second-order valence-corrected chi connectivity index (χ2v) is 4.52. The Morgan fingerprint density at radius 3 is 3.00 bits per heavy atom. The van der Waals surface area contributed by atoms with E-state index in [1.54, 1.807) is 12.1 Å². The van der Waals surface area contributed by atoms with Crippen molar-refractivity contribution in [2.45, 2.75) is 26.4 Å². The predicted octanol–water partition coefficient (Wildman–Crippen LogP) is 2.42. The van der Waals surface area contributed by atoms with E-state index in [9.17, 15) is 4.79 Å². The summed E-state index contributed by atoms with van der Waals surface area (Å²) in [6.45, 7) is 4.05.